The fourth-order valence-electron chi connectivity index (χ4n) is 3.07. The zero-order valence-corrected chi connectivity index (χ0v) is 13.6. The zero-order chi connectivity index (χ0) is 16.8. The van der Waals surface area contributed by atoms with E-state index in [9.17, 15) is 4.79 Å². The van der Waals surface area contributed by atoms with Crippen molar-refractivity contribution in [2.24, 2.45) is 0 Å². The molecule has 0 aliphatic carbocycles. The van der Waals surface area contributed by atoms with E-state index in [4.69, 9.17) is 14.7 Å². The lowest BCUT2D eigenvalue weighted by Crippen LogP contribution is -2.67. The normalized spacial score (nSPS) is 19.8. The van der Waals surface area contributed by atoms with E-state index in [0.717, 1.165) is 32.0 Å². The van der Waals surface area contributed by atoms with Crippen LogP contribution in [0.4, 0.5) is 5.69 Å². The van der Waals surface area contributed by atoms with E-state index < -0.39 is 0 Å². The summed E-state index contributed by atoms with van der Waals surface area (Å²) in [5.41, 5.74) is 1.16. The maximum atomic E-state index is 12.1. The van der Waals surface area contributed by atoms with Crippen LogP contribution in [-0.4, -0.2) is 69.0 Å². The van der Waals surface area contributed by atoms with E-state index >= 15 is 0 Å². The first-order valence-electron chi connectivity index (χ1n) is 8.13. The number of anilines is 1. The maximum Gasteiger partial charge on any atom is 0.239 e. The average Bonchev–Trinajstić information content (AvgIpc) is 2.65. The van der Waals surface area contributed by atoms with Crippen LogP contribution in [0.1, 0.15) is 5.56 Å². The second kappa shape index (κ2) is 7.62. The number of benzene rings is 1. The molecule has 128 valence electrons. The molecule has 2 aliphatic rings. The van der Waals surface area contributed by atoms with Crippen LogP contribution in [0.2, 0.25) is 0 Å². The number of hydrogen-bond donors (Lipinski definition) is 2. The molecule has 2 heterocycles. The summed E-state index contributed by atoms with van der Waals surface area (Å²) in [7, 11) is 0. The number of hydrogen-bond acceptors (Lipinski definition) is 6. The summed E-state index contributed by atoms with van der Waals surface area (Å²) in [5, 5.41) is 14.8. The molecule has 24 heavy (non-hydrogen) atoms. The lowest BCUT2D eigenvalue weighted by molar-refractivity contribution is -0.143. The molecule has 0 aromatic heterocycles. The summed E-state index contributed by atoms with van der Waals surface area (Å²) >= 11 is 0. The molecule has 2 aliphatic heterocycles. The van der Waals surface area contributed by atoms with Crippen molar-refractivity contribution in [2.75, 3.05) is 57.9 Å². The van der Waals surface area contributed by atoms with E-state index in [-0.39, 0.29) is 18.0 Å². The number of nitrogens with zero attached hydrogens (tertiary/aromatic N) is 2. The highest BCUT2D eigenvalue weighted by molar-refractivity contribution is 5.80. The third-order valence-corrected chi connectivity index (χ3v) is 4.51. The molecule has 0 atom stereocenters. The highest BCUT2D eigenvalue weighted by Crippen LogP contribution is 2.23. The van der Waals surface area contributed by atoms with Gasteiger partial charge in [-0.15, -0.1) is 0 Å². The minimum absolute atomic E-state index is 0.0789. The lowest BCUT2D eigenvalue weighted by Gasteiger charge is -2.49. The van der Waals surface area contributed by atoms with Crippen molar-refractivity contribution in [1.82, 2.24) is 10.2 Å². The van der Waals surface area contributed by atoms with Crippen molar-refractivity contribution in [1.29, 1.82) is 5.26 Å². The van der Waals surface area contributed by atoms with Gasteiger partial charge in [-0.05, 0) is 24.3 Å². The Balaban J connectivity index is 1.48. The van der Waals surface area contributed by atoms with Gasteiger partial charge in [-0.2, -0.15) is 5.26 Å². The van der Waals surface area contributed by atoms with Crippen molar-refractivity contribution >= 4 is 11.6 Å². The number of nitriles is 1. The average molecular weight is 330 g/mol. The molecule has 1 amide bonds. The van der Waals surface area contributed by atoms with Gasteiger partial charge in [0.1, 0.15) is 0 Å². The van der Waals surface area contributed by atoms with Crippen LogP contribution in [0.25, 0.3) is 0 Å². The fraction of sp³-hybridized carbons (Fsp3) is 0.529. The third kappa shape index (κ3) is 3.85. The Bertz CT molecular complexity index is 599. The second-order valence-corrected chi connectivity index (χ2v) is 6.14. The Morgan fingerprint density at radius 2 is 1.88 bits per heavy atom. The van der Waals surface area contributed by atoms with Gasteiger partial charge in [0.05, 0.1) is 50.1 Å². The van der Waals surface area contributed by atoms with Crippen LogP contribution in [0, 0.1) is 11.3 Å². The molecule has 2 saturated heterocycles. The van der Waals surface area contributed by atoms with Crippen molar-refractivity contribution in [2.45, 2.75) is 5.54 Å². The molecule has 1 aromatic carbocycles. The van der Waals surface area contributed by atoms with Crippen LogP contribution in [-0.2, 0) is 14.3 Å². The number of morpholine rings is 2. The van der Waals surface area contributed by atoms with Gasteiger partial charge in [0.2, 0.25) is 5.91 Å². The van der Waals surface area contributed by atoms with Gasteiger partial charge in [-0.1, -0.05) is 0 Å². The molecule has 0 spiro atoms. The van der Waals surface area contributed by atoms with Crippen LogP contribution in [0.5, 0.6) is 0 Å². The molecule has 0 saturated carbocycles. The van der Waals surface area contributed by atoms with Gasteiger partial charge in [0.25, 0.3) is 0 Å². The number of amides is 1. The Labute approximate surface area is 141 Å². The summed E-state index contributed by atoms with van der Waals surface area (Å²) in [6.45, 7) is 5.08. The van der Waals surface area contributed by atoms with Crippen molar-refractivity contribution in [3.8, 4) is 6.07 Å². The van der Waals surface area contributed by atoms with Gasteiger partial charge in [-0.25, -0.2) is 0 Å². The van der Waals surface area contributed by atoms with Gasteiger partial charge in [-0.3, -0.25) is 9.69 Å². The summed E-state index contributed by atoms with van der Waals surface area (Å²) < 4.78 is 11.2. The van der Waals surface area contributed by atoms with Crippen LogP contribution >= 0.6 is 0 Å². The predicted octanol–water partition coefficient (Wildman–Crippen LogP) is 0.188. The van der Waals surface area contributed by atoms with Gasteiger partial charge in [0, 0.05) is 25.3 Å². The molecule has 0 bridgehead atoms. The molecule has 7 heteroatoms. The minimum atomic E-state index is -0.249. The molecule has 0 radical (unpaired) electrons. The standard InChI is InChI=1S/C17H22N4O3/c18-9-14-1-3-15(4-2-14)19-10-16(22)20-11-17-12-23-7-5-21(17)6-8-24-13-17/h1-4,19H,5-8,10-13H2,(H,20,22). The summed E-state index contributed by atoms with van der Waals surface area (Å²) in [6.07, 6.45) is 0. The van der Waals surface area contributed by atoms with E-state index in [1.807, 2.05) is 0 Å². The van der Waals surface area contributed by atoms with Crippen LogP contribution in [0.3, 0.4) is 0 Å². The zero-order valence-electron chi connectivity index (χ0n) is 13.6. The Morgan fingerprint density at radius 1 is 1.21 bits per heavy atom. The van der Waals surface area contributed by atoms with Crippen LogP contribution < -0.4 is 10.6 Å². The monoisotopic (exact) mass is 330 g/mol. The van der Waals surface area contributed by atoms with Gasteiger partial charge in [0.15, 0.2) is 0 Å². The first kappa shape index (κ1) is 16.7. The number of carbonyl (C=O) groups excluding carboxylic acids is 1. The molecule has 7 nitrogen and oxygen atoms in total. The fourth-order valence-corrected chi connectivity index (χ4v) is 3.07. The lowest BCUT2D eigenvalue weighted by atomic mass is 9.96. The van der Waals surface area contributed by atoms with Crippen molar-refractivity contribution in [3.05, 3.63) is 29.8 Å². The van der Waals surface area contributed by atoms with Gasteiger partial charge >= 0.3 is 0 Å². The SMILES string of the molecule is N#Cc1ccc(NCC(=O)NCC23COCCN2CCOC3)cc1. The molecule has 1 aromatic rings. The highest BCUT2D eigenvalue weighted by atomic mass is 16.5. The summed E-state index contributed by atoms with van der Waals surface area (Å²) in [4.78, 5) is 14.5. The predicted molar refractivity (Wildman–Crippen MR) is 88.6 cm³/mol. The van der Waals surface area contributed by atoms with E-state index in [2.05, 4.69) is 21.6 Å². The third-order valence-electron chi connectivity index (χ3n) is 4.51. The Hall–Kier alpha value is -2.14. The number of nitrogens with one attached hydrogen (secondary N) is 2. The van der Waals surface area contributed by atoms with Crippen molar-refractivity contribution in [3.63, 3.8) is 0 Å². The van der Waals surface area contributed by atoms with E-state index in [1.165, 1.54) is 0 Å². The van der Waals surface area contributed by atoms with Crippen molar-refractivity contribution < 1.29 is 14.3 Å². The smallest absolute Gasteiger partial charge is 0.239 e. The summed E-state index contributed by atoms with van der Waals surface area (Å²) in [6, 6.07) is 9.08. The molecule has 3 rings (SSSR count). The first-order valence-corrected chi connectivity index (χ1v) is 8.13. The van der Waals surface area contributed by atoms with E-state index in [0.29, 0.717) is 25.3 Å². The number of ether oxygens (including phenoxy) is 2. The number of carbonyl (C=O) groups is 1. The van der Waals surface area contributed by atoms with E-state index in [1.54, 1.807) is 24.3 Å². The molecule has 2 N–H and O–H groups in total. The second-order valence-electron chi connectivity index (χ2n) is 6.14. The summed E-state index contributed by atoms with van der Waals surface area (Å²) in [5.74, 6) is -0.0789. The Morgan fingerprint density at radius 3 is 2.50 bits per heavy atom. The number of fused-ring (bicyclic) bond motifs is 1. The molecular formula is C17H22N4O3. The van der Waals surface area contributed by atoms with Crippen LogP contribution in [0.15, 0.2) is 24.3 Å². The molecular weight excluding hydrogens is 308 g/mol. The quantitative estimate of drug-likeness (QED) is 0.801. The molecule has 0 unspecified atom stereocenters. The van der Waals surface area contributed by atoms with Gasteiger partial charge < -0.3 is 20.1 Å². The topological polar surface area (TPSA) is 86.6 Å². The molecule has 2 fully saturated rings. The Kier molecular flexibility index (Phi) is 5.30. The minimum Gasteiger partial charge on any atom is -0.378 e. The maximum absolute atomic E-state index is 12.1. The highest BCUT2D eigenvalue weighted by Gasteiger charge is 2.42. The number of rotatable bonds is 5. The largest absolute Gasteiger partial charge is 0.378 e. The first-order chi connectivity index (χ1) is 11.7.